The Bertz CT molecular complexity index is 791. The molecule has 0 aromatic rings. The molecule has 0 N–H and O–H groups in total. The fraction of sp³-hybridized carbons (Fsp3) is 0.957. The van der Waals surface area contributed by atoms with E-state index in [9.17, 15) is 9.59 Å². The van der Waals surface area contributed by atoms with Crippen molar-refractivity contribution in [2.24, 2.45) is 11.8 Å². The summed E-state index contributed by atoms with van der Waals surface area (Å²) in [5.74, 6) is 1.05. The first-order chi connectivity index (χ1) is 26.9. The van der Waals surface area contributed by atoms with Gasteiger partial charge in [0.15, 0.2) is 6.29 Å². The van der Waals surface area contributed by atoms with Gasteiger partial charge in [0.25, 0.3) is 0 Å². The summed E-state index contributed by atoms with van der Waals surface area (Å²) in [7, 11) is 0. The maximum Gasteiger partial charge on any atom is 0.508 e. The van der Waals surface area contributed by atoms with Crippen LogP contribution in [0.3, 0.4) is 0 Å². The van der Waals surface area contributed by atoms with Crippen LogP contribution in [0.15, 0.2) is 0 Å². The van der Waals surface area contributed by atoms with Crippen molar-refractivity contribution in [3.63, 3.8) is 0 Å². The van der Waals surface area contributed by atoms with E-state index in [-0.39, 0.29) is 25.0 Å². The number of nitrogens with zero attached hydrogens (tertiary/aromatic N) is 1. The molecule has 0 amide bonds. The Morgan fingerprint density at radius 2 is 0.964 bits per heavy atom. The van der Waals surface area contributed by atoms with Crippen molar-refractivity contribution in [3.8, 4) is 0 Å². The molecule has 0 aliphatic rings. The van der Waals surface area contributed by atoms with Crippen molar-refractivity contribution >= 4 is 12.1 Å². The quantitative estimate of drug-likeness (QED) is 0.0344. The minimum absolute atomic E-state index is 0.141. The third kappa shape index (κ3) is 34.4. The van der Waals surface area contributed by atoms with Gasteiger partial charge in [-0.1, -0.05) is 145 Å². The van der Waals surface area contributed by atoms with Gasteiger partial charge in [-0.25, -0.2) is 4.79 Å². The minimum atomic E-state index is -0.607. The molecule has 55 heavy (non-hydrogen) atoms. The van der Waals surface area contributed by atoms with Crippen LogP contribution < -0.4 is 0 Å². The first kappa shape index (κ1) is 53.6. The smallest absolute Gasteiger partial charge is 0.466 e. The van der Waals surface area contributed by atoms with E-state index >= 15 is 0 Å². The second-order valence-corrected chi connectivity index (χ2v) is 16.1. The van der Waals surface area contributed by atoms with Crippen molar-refractivity contribution in [3.05, 3.63) is 0 Å². The summed E-state index contributed by atoms with van der Waals surface area (Å²) in [6.45, 7) is 20.6. The summed E-state index contributed by atoms with van der Waals surface area (Å²) in [4.78, 5) is 27.5. The monoisotopic (exact) mass is 784 g/mol. The van der Waals surface area contributed by atoms with Gasteiger partial charge in [0.05, 0.1) is 26.4 Å². The first-order valence-corrected chi connectivity index (χ1v) is 23.8. The number of hydrogen-bond donors (Lipinski definition) is 0. The predicted molar refractivity (Wildman–Crippen MR) is 231 cm³/mol. The van der Waals surface area contributed by atoms with Gasteiger partial charge in [0.1, 0.15) is 6.10 Å². The van der Waals surface area contributed by atoms with Crippen LogP contribution in [0.5, 0.6) is 0 Å². The van der Waals surface area contributed by atoms with Crippen LogP contribution >= 0.6 is 0 Å². The van der Waals surface area contributed by atoms with E-state index in [4.69, 9.17) is 23.7 Å². The number of ether oxygens (including phenoxy) is 5. The zero-order chi connectivity index (χ0) is 40.6. The molecule has 0 aromatic heterocycles. The van der Waals surface area contributed by atoms with Crippen molar-refractivity contribution in [2.75, 3.05) is 46.1 Å². The van der Waals surface area contributed by atoms with Gasteiger partial charge in [-0.05, 0) is 89.1 Å². The van der Waals surface area contributed by atoms with Crippen molar-refractivity contribution in [1.29, 1.82) is 0 Å². The summed E-state index contributed by atoms with van der Waals surface area (Å²) in [6.07, 6.45) is 28.4. The molecule has 8 heteroatoms. The van der Waals surface area contributed by atoms with Gasteiger partial charge in [-0.3, -0.25) is 4.79 Å². The second-order valence-electron chi connectivity index (χ2n) is 16.1. The molecule has 0 rings (SSSR count). The zero-order valence-corrected chi connectivity index (χ0v) is 37.7. The Kier molecular flexibility index (Phi) is 39.8. The molecule has 1 unspecified atom stereocenters. The molecule has 0 saturated heterocycles. The van der Waals surface area contributed by atoms with E-state index in [1.165, 1.54) is 103 Å². The van der Waals surface area contributed by atoms with Crippen LogP contribution in [0, 0.1) is 11.8 Å². The summed E-state index contributed by atoms with van der Waals surface area (Å²) < 4.78 is 29.6. The van der Waals surface area contributed by atoms with E-state index in [1.807, 2.05) is 0 Å². The number of unbranched alkanes of at least 4 members (excludes halogenated alkanes) is 12. The number of hydrogen-bond acceptors (Lipinski definition) is 8. The molecular formula is C47H93NO7. The first-order valence-electron chi connectivity index (χ1n) is 23.8. The van der Waals surface area contributed by atoms with Crippen LogP contribution in [0.4, 0.5) is 4.79 Å². The van der Waals surface area contributed by atoms with Gasteiger partial charge in [-0.15, -0.1) is 0 Å². The summed E-state index contributed by atoms with van der Waals surface area (Å²) in [6, 6.07) is 0. The fourth-order valence-electron chi connectivity index (χ4n) is 7.54. The highest BCUT2D eigenvalue weighted by Crippen LogP contribution is 2.21. The minimum Gasteiger partial charge on any atom is -0.466 e. The van der Waals surface area contributed by atoms with E-state index in [0.717, 1.165) is 90.6 Å². The van der Waals surface area contributed by atoms with Gasteiger partial charge in [0.2, 0.25) is 0 Å². The van der Waals surface area contributed by atoms with E-state index in [2.05, 4.69) is 53.4 Å². The van der Waals surface area contributed by atoms with Crippen LogP contribution in [-0.4, -0.2) is 75.5 Å². The predicted octanol–water partition coefficient (Wildman–Crippen LogP) is 13.6. The average molecular weight is 784 g/mol. The lowest BCUT2D eigenvalue weighted by molar-refractivity contribution is -0.162. The van der Waals surface area contributed by atoms with Crippen LogP contribution in [0.25, 0.3) is 0 Å². The van der Waals surface area contributed by atoms with E-state index in [1.54, 1.807) is 0 Å². The summed E-state index contributed by atoms with van der Waals surface area (Å²) in [5.41, 5.74) is 0. The van der Waals surface area contributed by atoms with Crippen molar-refractivity contribution in [2.45, 2.75) is 234 Å². The lowest BCUT2D eigenvalue weighted by Gasteiger charge is -2.25. The maximum absolute atomic E-state index is 12.6. The normalized spacial score (nSPS) is 12.3. The van der Waals surface area contributed by atoms with Gasteiger partial charge >= 0.3 is 12.1 Å². The SMILES string of the molecule is CCCCCCCCCCCCC(CCOC(=O)CCCCCCC(OCC(CCC)CCC)OCC(CCC)CCC)OC(=O)OCCCN(CC)CC. The highest BCUT2D eigenvalue weighted by molar-refractivity contribution is 5.69. The largest absolute Gasteiger partial charge is 0.508 e. The van der Waals surface area contributed by atoms with Crippen molar-refractivity contribution in [1.82, 2.24) is 4.90 Å². The number of carbonyl (C=O) groups excluding carboxylic acids is 2. The second kappa shape index (κ2) is 40.8. The Labute approximate surface area is 341 Å². The molecule has 0 aromatic carbocycles. The Hall–Kier alpha value is -1.38. The zero-order valence-electron chi connectivity index (χ0n) is 37.7. The van der Waals surface area contributed by atoms with Gasteiger partial charge in [0, 0.05) is 19.4 Å². The standard InChI is InChI=1S/C47H93NO7/c1-8-15-16-17-18-19-20-21-22-25-33-44(55-47(50)52-38-28-37-48(13-6)14-7)36-39-51-45(49)34-26-23-24-27-35-46(53-40-42(29-9-2)30-10-3)54-41-43(31-11-4)32-12-5/h42-44,46H,8-41H2,1-7H3. The van der Waals surface area contributed by atoms with Gasteiger partial charge in [-0.2, -0.15) is 0 Å². The highest BCUT2D eigenvalue weighted by atomic mass is 16.7. The number of carbonyl (C=O) groups is 2. The molecule has 328 valence electrons. The maximum atomic E-state index is 12.6. The molecule has 8 nitrogen and oxygen atoms in total. The van der Waals surface area contributed by atoms with Crippen LogP contribution in [-0.2, 0) is 28.5 Å². The third-order valence-corrected chi connectivity index (χ3v) is 11.0. The molecule has 0 aliphatic carbocycles. The van der Waals surface area contributed by atoms with Gasteiger partial charge < -0.3 is 28.6 Å². The molecule has 0 fully saturated rings. The fourth-order valence-corrected chi connectivity index (χ4v) is 7.54. The number of rotatable bonds is 42. The Morgan fingerprint density at radius 3 is 1.47 bits per heavy atom. The highest BCUT2D eigenvalue weighted by Gasteiger charge is 2.18. The lowest BCUT2D eigenvalue weighted by Crippen LogP contribution is -2.26. The molecule has 1 atom stereocenters. The molecule has 0 heterocycles. The van der Waals surface area contributed by atoms with E-state index < -0.39 is 6.16 Å². The molecule has 0 bridgehead atoms. The topological polar surface area (TPSA) is 83.5 Å². The number of esters is 1. The molecule has 0 spiro atoms. The lowest BCUT2D eigenvalue weighted by atomic mass is 9.99. The molecule has 0 saturated carbocycles. The summed E-state index contributed by atoms with van der Waals surface area (Å²) >= 11 is 0. The van der Waals surface area contributed by atoms with Crippen LogP contribution in [0.1, 0.15) is 222 Å². The summed E-state index contributed by atoms with van der Waals surface area (Å²) in [5, 5.41) is 0. The Morgan fingerprint density at radius 1 is 0.473 bits per heavy atom. The third-order valence-electron chi connectivity index (χ3n) is 11.0. The van der Waals surface area contributed by atoms with Crippen LogP contribution in [0.2, 0.25) is 0 Å². The van der Waals surface area contributed by atoms with Crippen molar-refractivity contribution < 1.29 is 33.3 Å². The molecular weight excluding hydrogens is 691 g/mol. The van der Waals surface area contributed by atoms with E-state index in [0.29, 0.717) is 31.3 Å². The molecule has 0 aliphatic heterocycles. The average Bonchev–Trinajstić information content (AvgIpc) is 3.17. The Balaban J connectivity index is 4.67. The molecule has 0 radical (unpaired) electrons.